The van der Waals surface area contributed by atoms with Gasteiger partial charge in [0.25, 0.3) is 5.99 Å². The summed E-state index contributed by atoms with van der Waals surface area (Å²) in [5.41, 5.74) is -5.41. The van der Waals surface area contributed by atoms with E-state index in [2.05, 4.69) is 0 Å². The van der Waals surface area contributed by atoms with Crippen LogP contribution in [-0.2, 0) is 0 Å². The maximum absolute atomic E-state index is 10.1. The molecule has 0 amide bonds. The zero-order valence-corrected chi connectivity index (χ0v) is 23.7. The smallest absolute Gasteiger partial charge is 0.289 e. The molecule has 0 spiro atoms. The molecule has 0 saturated heterocycles. The molecule has 0 unspecified atom stereocenters. The van der Waals surface area contributed by atoms with E-state index in [-0.39, 0.29) is 32.7 Å². The summed E-state index contributed by atoms with van der Waals surface area (Å²) in [6.45, 7) is 0. The Morgan fingerprint density at radius 1 is 0.543 bits per heavy atom. The van der Waals surface area contributed by atoms with Crippen molar-refractivity contribution in [1.29, 1.82) is 0 Å². The van der Waals surface area contributed by atoms with Crippen LogP contribution < -0.4 is 15.7 Å². The van der Waals surface area contributed by atoms with Crippen molar-refractivity contribution in [3.05, 3.63) is 157 Å². The largest absolute Gasteiger partial charge is 0.458 e. The van der Waals surface area contributed by atoms with E-state index in [4.69, 9.17) is 29.4 Å². The molecular formula is C42H26BNOS. The van der Waals surface area contributed by atoms with Crippen molar-refractivity contribution in [1.82, 2.24) is 4.57 Å². The van der Waals surface area contributed by atoms with Crippen molar-refractivity contribution in [2.24, 2.45) is 0 Å². The van der Waals surface area contributed by atoms with E-state index in [1.54, 1.807) is 0 Å². The molecule has 10 rings (SSSR count). The highest BCUT2D eigenvalue weighted by Gasteiger charge is 2.38. The van der Waals surface area contributed by atoms with Gasteiger partial charge in [0.2, 0.25) is 0 Å². The normalized spacial score (nSPS) is 20.4. The van der Waals surface area contributed by atoms with Crippen molar-refractivity contribution in [3.8, 4) is 50.6 Å². The average molecular weight is 629 g/mol. The average Bonchev–Trinajstić information content (AvgIpc) is 3.70. The van der Waals surface area contributed by atoms with Crippen LogP contribution in [0.2, 0.25) is 0 Å². The van der Waals surface area contributed by atoms with Crippen molar-refractivity contribution in [3.63, 3.8) is 0 Å². The third-order valence-corrected chi connectivity index (χ3v) is 8.94. The summed E-state index contributed by atoms with van der Waals surface area (Å²) in [4.78, 5) is -0.237. The van der Waals surface area contributed by atoms with Crippen LogP contribution >= 0.6 is 11.6 Å². The zero-order chi connectivity index (χ0) is 51.9. The van der Waals surface area contributed by atoms with Crippen LogP contribution in [0.5, 0.6) is 11.5 Å². The summed E-state index contributed by atoms with van der Waals surface area (Å²) < 4.78 is 231. The lowest BCUT2D eigenvalue weighted by Crippen LogP contribution is -2.46. The highest BCUT2D eigenvalue weighted by Crippen LogP contribution is 2.46. The SMILES string of the molecule is [2H]c1cc2c(c([2H])c1[2H])Oc1c([2H])c(-c3c([2H])c([2H])c([2H])c([2H])c3-n3c4c([2H])c([2H])c([2H])c([2H])c4c4c([2H])c([2H])c([2H])c([2H])c43)c([2H])c3c1B2Sc1c([2H])c(-c2c([2H])c([2H])c([2H])c([2H])c2[2H])c([2H])c([2H])c1-3. The van der Waals surface area contributed by atoms with Crippen LogP contribution in [0, 0.1) is 0 Å². The molecule has 0 atom stereocenters. The molecule has 4 heteroatoms. The van der Waals surface area contributed by atoms with E-state index < -0.39 is 213 Å². The predicted molar refractivity (Wildman–Crippen MR) is 194 cm³/mol. The van der Waals surface area contributed by atoms with Gasteiger partial charge in [-0.1, -0.05) is 115 Å². The van der Waals surface area contributed by atoms with Crippen molar-refractivity contribution >= 4 is 50.3 Å². The molecule has 8 aromatic rings. The Morgan fingerprint density at radius 2 is 1.26 bits per heavy atom. The topological polar surface area (TPSA) is 14.2 Å². The fourth-order valence-electron chi connectivity index (χ4n) is 5.74. The second-order valence-electron chi connectivity index (χ2n) is 10.1. The number of nitrogens with zero attached hydrogens (tertiary/aromatic N) is 1. The maximum atomic E-state index is 10.1. The fourth-order valence-corrected chi connectivity index (χ4v) is 7.06. The second kappa shape index (κ2) is 10.0. The number of rotatable bonds is 3. The first kappa shape index (κ1) is 11.4. The number of para-hydroxylation sites is 4. The van der Waals surface area contributed by atoms with E-state index >= 15 is 0 Å². The Morgan fingerprint density at radius 3 is 2.09 bits per heavy atom. The van der Waals surface area contributed by atoms with Gasteiger partial charge in [0.15, 0.2) is 0 Å². The van der Waals surface area contributed by atoms with E-state index in [9.17, 15) is 9.60 Å². The zero-order valence-electron chi connectivity index (χ0n) is 47.9. The molecule has 0 aliphatic carbocycles. The van der Waals surface area contributed by atoms with Crippen LogP contribution in [0.1, 0.15) is 34.3 Å². The van der Waals surface area contributed by atoms with Gasteiger partial charge in [0.05, 0.1) is 51.0 Å². The van der Waals surface area contributed by atoms with E-state index in [1.165, 1.54) is 6.07 Å². The molecule has 0 fully saturated rings. The summed E-state index contributed by atoms with van der Waals surface area (Å²) >= 11 is 0.769. The molecule has 0 saturated carbocycles. The van der Waals surface area contributed by atoms with E-state index in [0.29, 0.717) is 0 Å². The summed E-state index contributed by atoms with van der Waals surface area (Å²) in [5, 5.41) is -0.934. The molecule has 0 bridgehead atoms. The number of aromatic nitrogens is 1. The van der Waals surface area contributed by atoms with Gasteiger partial charge in [-0.25, -0.2) is 0 Å². The molecule has 46 heavy (non-hydrogen) atoms. The third-order valence-electron chi connectivity index (χ3n) is 7.68. The monoisotopic (exact) mass is 628 g/mol. The number of hydrogen-bond acceptors (Lipinski definition) is 2. The number of fused-ring (bicyclic) bond motifs is 7. The van der Waals surface area contributed by atoms with Gasteiger partial charge in [-0.05, 0) is 81.0 Å². The Kier molecular flexibility index (Phi) is 2.49. The second-order valence-corrected chi connectivity index (χ2v) is 11.2. The van der Waals surface area contributed by atoms with E-state index in [1.807, 2.05) is 0 Å². The molecule has 3 heterocycles. The predicted octanol–water partition coefficient (Wildman–Crippen LogP) is 10.1. The molecule has 2 nitrogen and oxygen atoms in total. The Hall–Kier alpha value is -5.45. The van der Waals surface area contributed by atoms with Crippen LogP contribution in [-0.4, -0.2) is 10.6 Å². The minimum absolute atomic E-state index is 0.0213. The first-order valence-corrected chi connectivity index (χ1v) is 14.6. The minimum atomic E-state index is -1.27. The molecule has 7 aromatic carbocycles. The van der Waals surface area contributed by atoms with Crippen LogP contribution in [0.3, 0.4) is 0 Å². The summed E-state index contributed by atoms with van der Waals surface area (Å²) in [6, 6.07) is -18.9. The van der Waals surface area contributed by atoms with Gasteiger partial charge in [0, 0.05) is 21.2 Å². The molecule has 0 N–H and O–H groups in total. The Balaban J connectivity index is 1.43. The molecule has 0 radical (unpaired) electrons. The van der Waals surface area contributed by atoms with Gasteiger partial charge in [-0.3, -0.25) is 0 Å². The van der Waals surface area contributed by atoms with Gasteiger partial charge < -0.3 is 9.30 Å². The Labute approximate surface area is 307 Å². The fraction of sp³-hybridized carbons (Fsp3) is 0. The minimum Gasteiger partial charge on any atom is -0.458 e. The summed E-state index contributed by atoms with van der Waals surface area (Å²) in [7, 11) is 0. The maximum Gasteiger partial charge on any atom is 0.289 e. The van der Waals surface area contributed by atoms with E-state index in [0.717, 1.165) is 16.2 Å². The number of benzene rings is 7. The highest BCUT2D eigenvalue weighted by molar-refractivity contribution is 8.28. The van der Waals surface area contributed by atoms with Gasteiger partial charge in [0.1, 0.15) is 11.5 Å². The van der Waals surface area contributed by atoms with Crippen molar-refractivity contribution in [2.45, 2.75) is 4.90 Å². The first-order valence-electron chi connectivity index (χ1n) is 26.2. The quantitative estimate of drug-likeness (QED) is 0.181. The summed E-state index contributed by atoms with van der Waals surface area (Å²) in [6.07, 6.45) is 0. The molecule has 1 aromatic heterocycles. The number of ether oxygens (including phenoxy) is 1. The molecule has 2 aliphatic heterocycles. The lowest BCUT2D eigenvalue weighted by Gasteiger charge is -2.33. The van der Waals surface area contributed by atoms with Gasteiger partial charge in [-0.15, -0.1) is 0 Å². The molecule has 214 valence electrons. The lowest BCUT2D eigenvalue weighted by atomic mass is 9.57. The lowest BCUT2D eigenvalue weighted by molar-refractivity contribution is 0.488. The molecule has 2 aliphatic rings. The van der Waals surface area contributed by atoms with Crippen molar-refractivity contribution < 1.29 is 39.0 Å². The summed E-state index contributed by atoms with van der Waals surface area (Å²) in [5.74, 6) is -2.16. The van der Waals surface area contributed by atoms with Gasteiger partial charge in [-0.2, -0.15) is 11.6 Å². The van der Waals surface area contributed by atoms with Crippen LogP contribution in [0.25, 0.3) is 60.9 Å². The highest BCUT2D eigenvalue weighted by atomic mass is 32.2. The Bertz CT molecular complexity index is 3810. The standard InChI is InChI=1S/C42H26BNOS/c1-2-12-27(13-3-1)28-22-23-33-34-24-29(25-40-42(34)43(46-41(33)26-28)35-17-7-11-21-39(35)45-40)30-14-4-8-18-36(30)44-37-19-9-5-15-31(37)32-16-6-10-20-38(32)44/h1-26H/i1D,2D,3D,4D,5D,6D,7D,8D,9D,10D,11D,12D,13D,14D,15D,16D,18D,19D,20D,21D,22D,23D,24D,25D,26D. The van der Waals surface area contributed by atoms with Crippen LogP contribution in [0.15, 0.2) is 162 Å². The van der Waals surface area contributed by atoms with Crippen molar-refractivity contribution in [2.75, 3.05) is 0 Å². The van der Waals surface area contributed by atoms with Gasteiger partial charge >= 0.3 is 0 Å². The third kappa shape index (κ3) is 3.80. The first-order chi connectivity index (χ1) is 33.2. The van der Waals surface area contributed by atoms with Crippen LogP contribution in [0.4, 0.5) is 0 Å². The number of hydrogen-bond donors (Lipinski definition) is 0. The molecular weight excluding hydrogens is 577 g/mol.